The standard InChI is InChI=1S/C21H29Cl2N3O4/c1-21(2,3)30-20(29)26-12-15(13-26)24-6-8-25(9-7-24)19(28)5-4-14-10-16(22)17(23)11-18(14)27/h10-11,15,27H,4-9,12-13H2,1-3H3. The van der Waals surface area contributed by atoms with Crippen LogP contribution in [-0.4, -0.2) is 82.7 Å². The number of likely N-dealkylation sites (tertiary alicyclic amines) is 1. The van der Waals surface area contributed by atoms with Gasteiger partial charge in [-0.15, -0.1) is 0 Å². The number of phenolic OH excluding ortho intramolecular Hbond substituents is 1. The first kappa shape index (κ1) is 23.0. The molecule has 1 aromatic carbocycles. The summed E-state index contributed by atoms with van der Waals surface area (Å²) in [5, 5.41) is 10.6. The number of amides is 2. The van der Waals surface area contributed by atoms with E-state index in [2.05, 4.69) is 4.90 Å². The van der Waals surface area contributed by atoms with E-state index in [1.807, 2.05) is 25.7 Å². The molecular weight excluding hydrogens is 429 g/mol. The second-order valence-electron chi connectivity index (χ2n) is 8.85. The molecule has 1 N–H and O–H groups in total. The molecule has 0 saturated carbocycles. The lowest BCUT2D eigenvalue weighted by Crippen LogP contribution is -2.64. The number of hydrogen-bond donors (Lipinski definition) is 1. The quantitative estimate of drug-likeness (QED) is 0.749. The number of benzene rings is 1. The Morgan fingerprint density at radius 3 is 2.27 bits per heavy atom. The summed E-state index contributed by atoms with van der Waals surface area (Å²) in [4.78, 5) is 30.5. The van der Waals surface area contributed by atoms with E-state index < -0.39 is 5.60 Å². The van der Waals surface area contributed by atoms with Gasteiger partial charge in [0.1, 0.15) is 11.4 Å². The summed E-state index contributed by atoms with van der Waals surface area (Å²) in [6.45, 7) is 9.82. The van der Waals surface area contributed by atoms with Gasteiger partial charge in [0.2, 0.25) is 5.91 Å². The molecule has 0 bridgehead atoms. The van der Waals surface area contributed by atoms with E-state index in [-0.39, 0.29) is 17.7 Å². The molecule has 7 nitrogen and oxygen atoms in total. The van der Waals surface area contributed by atoms with Crippen LogP contribution in [0.1, 0.15) is 32.8 Å². The molecule has 1 aromatic rings. The summed E-state index contributed by atoms with van der Waals surface area (Å²) >= 11 is 11.9. The van der Waals surface area contributed by atoms with E-state index in [9.17, 15) is 14.7 Å². The molecule has 30 heavy (non-hydrogen) atoms. The highest BCUT2D eigenvalue weighted by atomic mass is 35.5. The summed E-state index contributed by atoms with van der Waals surface area (Å²) in [6.07, 6.45) is 0.453. The van der Waals surface area contributed by atoms with Gasteiger partial charge in [0.05, 0.1) is 10.0 Å². The van der Waals surface area contributed by atoms with E-state index in [1.165, 1.54) is 6.07 Å². The van der Waals surface area contributed by atoms with Gasteiger partial charge in [-0.05, 0) is 38.8 Å². The summed E-state index contributed by atoms with van der Waals surface area (Å²) in [5.74, 6) is 0.116. The van der Waals surface area contributed by atoms with Crippen molar-refractivity contribution in [3.05, 3.63) is 27.7 Å². The fourth-order valence-corrected chi connectivity index (χ4v) is 4.02. The van der Waals surface area contributed by atoms with Gasteiger partial charge < -0.3 is 19.6 Å². The fourth-order valence-electron chi connectivity index (χ4n) is 3.68. The van der Waals surface area contributed by atoms with Gasteiger partial charge in [-0.3, -0.25) is 9.69 Å². The van der Waals surface area contributed by atoms with E-state index in [1.54, 1.807) is 11.0 Å². The highest BCUT2D eigenvalue weighted by Gasteiger charge is 2.38. The summed E-state index contributed by atoms with van der Waals surface area (Å²) < 4.78 is 5.39. The zero-order valence-electron chi connectivity index (χ0n) is 17.7. The minimum absolute atomic E-state index is 0.0570. The molecule has 2 aliphatic heterocycles. The van der Waals surface area contributed by atoms with Crippen molar-refractivity contribution in [3.8, 4) is 5.75 Å². The van der Waals surface area contributed by atoms with Gasteiger partial charge in [0.25, 0.3) is 0 Å². The first-order valence-corrected chi connectivity index (χ1v) is 11.0. The molecule has 0 aliphatic carbocycles. The maximum atomic E-state index is 12.6. The van der Waals surface area contributed by atoms with Crippen LogP contribution < -0.4 is 0 Å². The number of nitrogens with zero attached hydrogens (tertiary/aromatic N) is 3. The summed E-state index contributed by atoms with van der Waals surface area (Å²) in [5.41, 5.74) is 0.135. The van der Waals surface area contributed by atoms with Crippen LogP contribution in [0.3, 0.4) is 0 Å². The van der Waals surface area contributed by atoms with Gasteiger partial charge in [-0.2, -0.15) is 0 Å². The number of carbonyl (C=O) groups excluding carboxylic acids is 2. The summed E-state index contributed by atoms with van der Waals surface area (Å²) in [7, 11) is 0. The van der Waals surface area contributed by atoms with Crippen LogP contribution in [0.2, 0.25) is 10.0 Å². The molecule has 9 heteroatoms. The minimum atomic E-state index is -0.484. The first-order valence-electron chi connectivity index (χ1n) is 10.2. The van der Waals surface area contributed by atoms with Crippen molar-refractivity contribution in [1.29, 1.82) is 0 Å². The average molecular weight is 458 g/mol. The number of rotatable bonds is 4. The highest BCUT2D eigenvalue weighted by Crippen LogP contribution is 2.30. The van der Waals surface area contributed by atoms with Crippen molar-refractivity contribution in [3.63, 3.8) is 0 Å². The Labute approximate surface area is 187 Å². The van der Waals surface area contributed by atoms with Crippen molar-refractivity contribution in [2.75, 3.05) is 39.3 Å². The second-order valence-corrected chi connectivity index (χ2v) is 9.67. The predicted molar refractivity (Wildman–Crippen MR) is 116 cm³/mol. The molecule has 0 aromatic heterocycles. The fraction of sp³-hybridized carbons (Fsp3) is 0.619. The third kappa shape index (κ3) is 5.71. The molecule has 0 atom stereocenters. The van der Waals surface area contributed by atoms with E-state index in [0.717, 1.165) is 13.1 Å². The van der Waals surface area contributed by atoms with Gasteiger partial charge >= 0.3 is 6.09 Å². The lowest BCUT2D eigenvalue weighted by molar-refractivity contribution is -0.133. The molecular formula is C21H29Cl2N3O4. The molecule has 2 saturated heterocycles. The van der Waals surface area contributed by atoms with E-state index in [4.69, 9.17) is 27.9 Å². The Hall–Kier alpha value is -1.70. The highest BCUT2D eigenvalue weighted by molar-refractivity contribution is 6.42. The molecule has 0 unspecified atom stereocenters. The molecule has 166 valence electrons. The molecule has 2 aliphatic rings. The topological polar surface area (TPSA) is 73.3 Å². The number of ether oxygens (including phenoxy) is 1. The maximum Gasteiger partial charge on any atom is 0.410 e. The van der Waals surface area contributed by atoms with Gasteiger partial charge in [-0.25, -0.2) is 4.79 Å². The molecule has 0 radical (unpaired) electrons. The van der Waals surface area contributed by atoms with Crippen LogP contribution >= 0.6 is 23.2 Å². The Kier molecular flexibility index (Phi) is 7.05. The number of halogens is 2. The van der Waals surface area contributed by atoms with Gasteiger partial charge in [-0.1, -0.05) is 23.2 Å². The summed E-state index contributed by atoms with van der Waals surface area (Å²) in [6, 6.07) is 3.34. The van der Waals surface area contributed by atoms with Crippen LogP contribution in [0.4, 0.5) is 4.79 Å². The molecule has 0 spiro atoms. The lowest BCUT2D eigenvalue weighted by atomic mass is 10.1. The number of hydrogen-bond acceptors (Lipinski definition) is 5. The monoisotopic (exact) mass is 457 g/mol. The first-order chi connectivity index (χ1) is 14.0. The predicted octanol–water partition coefficient (Wildman–Crippen LogP) is 3.40. The number of aryl methyl sites for hydroxylation is 1. The molecule has 3 rings (SSSR count). The third-order valence-electron chi connectivity index (χ3n) is 5.43. The van der Waals surface area contributed by atoms with Crippen molar-refractivity contribution in [2.24, 2.45) is 0 Å². The van der Waals surface area contributed by atoms with Crippen LogP contribution in [0.15, 0.2) is 12.1 Å². The normalized spacial score (nSPS) is 18.3. The molecule has 2 heterocycles. The SMILES string of the molecule is CC(C)(C)OC(=O)N1CC(N2CCN(C(=O)CCc3cc(Cl)c(Cl)cc3O)CC2)C1. The third-order valence-corrected chi connectivity index (χ3v) is 6.15. The van der Waals surface area contributed by atoms with Crippen molar-refractivity contribution < 1.29 is 19.4 Å². The molecule has 2 fully saturated rings. The zero-order chi connectivity index (χ0) is 22.1. The van der Waals surface area contributed by atoms with Crippen LogP contribution in [0, 0.1) is 0 Å². The van der Waals surface area contributed by atoms with Gasteiger partial charge in [0.15, 0.2) is 0 Å². The Morgan fingerprint density at radius 2 is 1.67 bits per heavy atom. The van der Waals surface area contributed by atoms with Crippen LogP contribution in [0.5, 0.6) is 5.75 Å². The maximum absolute atomic E-state index is 12.6. The van der Waals surface area contributed by atoms with Crippen molar-refractivity contribution in [1.82, 2.24) is 14.7 Å². The van der Waals surface area contributed by atoms with Crippen LogP contribution in [0.25, 0.3) is 0 Å². The van der Waals surface area contributed by atoms with Crippen LogP contribution in [-0.2, 0) is 16.0 Å². The lowest BCUT2D eigenvalue weighted by Gasteiger charge is -2.48. The Bertz CT molecular complexity index is 798. The number of aromatic hydroxyl groups is 1. The van der Waals surface area contributed by atoms with Crippen molar-refractivity contribution >= 4 is 35.2 Å². The zero-order valence-corrected chi connectivity index (χ0v) is 19.2. The van der Waals surface area contributed by atoms with Gasteiger partial charge in [0, 0.05) is 57.8 Å². The Morgan fingerprint density at radius 1 is 1.07 bits per heavy atom. The van der Waals surface area contributed by atoms with E-state index in [0.29, 0.717) is 60.7 Å². The number of piperazine rings is 1. The largest absolute Gasteiger partial charge is 0.508 e. The van der Waals surface area contributed by atoms with E-state index >= 15 is 0 Å². The minimum Gasteiger partial charge on any atom is -0.508 e. The Balaban J connectivity index is 1.40. The molecule has 2 amide bonds. The number of phenols is 1. The second kappa shape index (κ2) is 9.20. The number of carbonyl (C=O) groups is 2. The average Bonchev–Trinajstić information content (AvgIpc) is 2.61. The smallest absolute Gasteiger partial charge is 0.410 e. The van der Waals surface area contributed by atoms with Crippen molar-refractivity contribution in [2.45, 2.75) is 45.3 Å².